The van der Waals surface area contributed by atoms with Crippen molar-refractivity contribution in [3.63, 3.8) is 0 Å². The van der Waals surface area contributed by atoms with Gasteiger partial charge in [-0.15, -0.1) is 0 Å². The number of hydrogen-bond acceptors (Lipinski definition) is 2. The zero-order valence-electron chi connectivity index (χ0n) is 35.2. The summed E-state index contributed by atoms with van der Waals surface area (Å²) in [7, 11) is 0. The summed E-state index contributed by atoms with van der Waals surface area (Å²) in [6.07, 6.45) is 1.88. The summed E-state index contributed by atoms with van der Waals surface area (Å²) >= 11 is 0. The minimum Gasteiger partial charge on any atom is -0.309 e. The van der Waals surface area contributed by atoms with E-state index in [-0.39, 0.29) is 21.7 Å². The average molecular weight is 735 g/mol. The predicted molar refractivity (Wildman–Crippen MR) is 238 cm³/mol. The van der Waals surface area contributed by atoms with Crippen molar-refractivity contribution in [2.24, 2.45) is 0 Å². The molecule has 0 unspecified atom stereocenters. The van der Waals surface area contributed by atoms with Crippen molar-refractivity contribution < 1.29 is 0 Å². The largest absolute Gasteiger partial charge is 0.309 e. The smallest absolute Gasteiger partial charge is 0.0991 e. The monoisotopic (exact) mass is 734 g/mol. The van der Waals surface area contributed by atoms with Gasteiger partial charge in [0.05, 0.1) is 50.8 Å². The van der Waals surface area contributed by atoms with E-state index in [1.165, 1.54) is 43.8 Å². The Kier molecular flexibility index (Phi) is 8.44. The molecule has 3 aromatic heterocycles. The maximum atomic E-state index is 10.3. The van der Waals surface area contributed by atoms with Crippen LogP contribution in [0.2, 0.25) is 0 Å². The molecule has 0 aliphatic carbocycles. The van der Waals surface area contributed by atoms with Gasteiger partial charge in [-0.2, -0.15) is 5.26 Å². The molecule has 0 N–H and O–H groups in total. The summed E-state index contributed by atoms with van der Waals surface area (Å²) in [5.74, 6) is 0. The Morgan fingerprint density at radius 1 is 0.446 bits per heavy atom. The van der Waals surface area contributed by atoms with Gasteiger partial charge in [0, 0.05) is 33.3 Å². The third-order valence-electron chi connectivity index (χ3n) is 11.6. The van der Waals surface area contributed by atoms with E-state index < -0.39 is 0 Å². The molecule has 0 aliphatic heterocycles. The third-order valence-corrected chi connectivity index (χ3v) is 11.6. The molecule has 282 valence electrons. The van der Waals surface area contributed by atoms with Gasteiger partial charge in [-0.1, -0.05) is 107 Å². The van der Waals surface area contributed by atoms with Gasteiger partial charge in [-0.25, -0.2) is 0 Å². The second-order valence-corrected chi connectivity index (χ2v) is 19.8. The van der Waals surface area contributed by atoms with E-state index in [1.807, 2.05) is 24.4 Å². The molecule has 0 saturated carbocycles. The Bertz CT molecular complexity index is 2750. The number of rotatable bonds is 3. The minimum absolute atomic E-state index is 0.0000477. The molecule has 0 amide bonds. The molecule has 8 rings (SSSR count). The number of hydrogen-bond donors (Lipinski definition) is 0. The quantitative estimate of drug-likeness (QED) is 0.181. The first-order valence-electron chi connectivity index (χ1n) is 19.9. The van der Waals surface area contributed by atoms with Crippen molar-refractivity contribution >= 4 is 43.6 Å². The van der Waals surface area contributed by atoms with Crippen LogP contribution in [0.15, 0.2) is 109 Å². The summed E-state index contributed by atoms with van der Waals surface area (Å²) in [4.78, 5) is 5.19. The van der Waals surface area contributed by atoms with Crippen LogP contribution >= 0.6 is 0 Å². The van der Waals surface area contributed by atoms with Crippen LogP contribution in [-0.2, 0) is 21.7 Å². The molecule has 4 nitrogen and oxygen atoms in total. The highest BCUT2D eigenvalue weighted by molar-refractivity contribution is 6.12. The molecule has 0 saturated heterocycles. The lowest BCUT2D eigenvalue weighted by Crippen LogP contribution is -2.10. The van der Waals surface area contributed by atoms with Crippen molar-refractivity contribution in [2.75, 3.05) is 0 Å². The van der Waals surface area contributed by atoms with Crippen molar-refractivity contribution in [1.82, 2.24) is 14.1 Å². The van der Waals surface area contributed by atoms with E-state index in [4.69, 9.17) is 4.98 Å². The van der Waals surface area contributed by atoms with Crippen molar-refractivity contribution in [3.8, 4) is 28.7 Å². The summed E-state index contributed by atoms with van der Waals surface area (Å²) in [6, 6.07) is 40.5. The first-order valence-corrected chi connectivity index (χ1v) is 19.9. The fourth-order valence-corrected chi connectivity index (χ4v) is 8.21. The SMILES string of the molecule is CC(C)(C)c1ccc2c(c1)c1cc(C(C)(C)C)ccc1n2-c1ccc(C#N)cc1-c1ncccc1-n1c2ccc(C(C)(C)C)cc2c2cc(C(C)(C)C)ccc21. The predicted octanol–water partition coefficient (Wildman–Crippen LogP) is 14.0. The molecule has 0 radical (unpaired) electrons. The second-order valence-electron chi connectivity index (χ2n) is 19.8. The number of benzene rings is 5. The van der Waals surface area contributed by atoms with E-state index in [2.05, 4.69) is 183 Å². The normalized spacial score (nSPS) is 13.0. The zero-order chi connectivity index (χ0) is 40.1. The van der Waals surface area contributed by atoms with Gasteiger partial charge in [0.25, 0.3) is 0 Å². The van der Waals surface area contributed by atoms with Crippen LogP contribution in [-0.4, -0.2) is 14.1 Å². The Balaban J connectivity index is 1.46. The molecule has 0 bridgehead atoms. The molecule has 4 heteroatoms. The van der Waals surface area contributed by atoms with Gasteiger partial charge in [0.1, 0.15) is 0 Å². The molecule has 0 fully saturated rings. The van der Waals surface area contributed by atoms with E-state index in [0.29, 0.717) is 5.56 Å². The van der Waals surface area contributed by atoms with Crippen LogP contribution < -0.4 is 0 Å². The Labute approximate surface area is 332 Å². The Morgan fingerprint density at radius 2 is 0.821 bits per heavy atom. The average Bonchev–Trinajstić information content (AvgIpc) is 3.64. The maximum Gasteiger partial charge on any atom is 0.0991 e. The first-order chi connectivity index (χ1) is 26.3. The van der Waals surface area contributed by atoms with Crippen molar-refractivity contribution in [3.05, 3.63) is 137 Å². The highest BCUT2D eigenvalue weighted by atomic mass is 15.0. The van der Waals surface area contributed by atoms with Crippen LogP contribution in [0.4, 0.5) is 0 Å². The first kappa shape index (κ1) is 37.3. The molecule has 0 aliphatic rings. The van der Waals surface area contributed by atoms with E-state index in [1.54, 1.807) is 0 Å². The van der Waals surface area contributed by atoms with Gasteiger partial charge in [0.2, 0.25) is 0 Å². The maximum absolute atomic E-state index is 10.3. The molecule has 0 spiro atoms. The highest BCUT2D eigenvalue weighted by Crippen LogP contribution is 2.43. The number of nitrogens with zero attached hydrogens (tertiary/aromatic N) is 4. The van der Waals surface area contributed by atoms with Crippen LogP contribution in [0.1, 0.15) is 111 Å². The fraction of sp³-hybridized carbons (Fsp3) is 0.308. The minimum atomic E-state index is -0.00365. The van der Waals surface area contributed by atoms with Crippen LogP contribution in [0, 0.1) is 11.3 Å². The summed E-state index contributed by atoms with van der Waals surface area (Å²) in [5.41, 5.74) is 14.0. The Morgan fingerprint density at radius 3 is 1.18 bits per heavy atom. The molecular weight excluding hydrogens is 681 g/mol. The number of pyridine rings is 1. The summed E-state index contributed by atoms with van der Waals surface area (Å²) in [6.45, 7) is 27.3. The topological polar surface area (TPSA) is 46.5 Å². The fourth-order valence-electron chi connectivity index (χ4n) is 8.21. The van der Waals surface area contributed by atoms with Gasteiger partial charge < -0.3 is 9.13 Å². The van der Waals surface area contributed by atoms with Crippen molar-refractivity contribution in [1.29, 1.82) is 5.26 Å². The van der Waals surface area contributed by atoms with Crippen LogP contribution in [0.5, 0.6) is 0 Å². The van der Waals surface area contributed by atoms with Gasteiger partial charge in [0.15, 0.2) is 0 Å². The molecule has 56 heavy (non-hydrogen) atoms. The van der Waals surface area contributed by atoms with Gasteiger partial charge >= 0.3 is 0 Å². The number of aromatic nitrogens is 3. The summed E-state index contributed by atoms with van der Waals surface area (Å²) < 4.78 is 4.77. The highest BCUT2D eigenvalue weighted by Gasteiger charge is 2.26. The lowest BCUT2D eigenvalue weighted by molar-refractivity contribution is 0.590. The molecule has 0 atom stereocenters. The molecule has 8 aromatic rings. The number of nitriles is 1. The second kappa shape index (κ2) is 12.7. The van der Waals surface area contributed by atoms with E-state index >= 15 is 0 Å². The molecular formula is C52H54N4. The van der Waals surface area contributed by atoms with Gasteiger partial charge in [-0.05, 0) is 123 Å². The zero-order valence-corrected chi connectivity index (χ0v) is 35.2. The van der Waals surface area contributed by atoms with Gasteiger partial charge in [-0.3, -0.25) is 4.98 Å². The molecule has 5 aromatic carbocycles. The van der Waals surface area contributed by atoms with Crippen LogP contribution in [0.3, 0.4) is 0 Å². The Hall–Kier alpha value is -5.66. The molecule has 3 heterocycles. The van der Waals surface area contributed by atoms with E-state index in [9.17, 15) is 5.26 Å². The van der Waals surface area contributed by atoms with E-state index in [0.717, 1.165) is 44.7 Å². The third kappa shape index (κ3) is 6.19. The van der Waals surface area contributed by atoms with Crippen molar-refractivity contribution in [2.45, 2.75) is 105 Å². The standard InChI is InChI=1S/C52H54N4/c1-49(2,3)33-16-21-42-37(27-33)38-28-34(50(4,5)6)17-22-43(38)55(42)46-20-15-32(31-53)26-41(46)48-47(14-13-25-54-48)56-44-23-18-35(51(7,8)9)29-39(44)40-30-36(52(10,11)12)19-24-45(40)56/h13-30H,1-12H3. The lowest BCUT2D eigenvalue weighted by atomic mass is 9.85. The summed E-state index contributed by atoms with van der Waals surface area (Å²) in [5, 5.41) is 15.2. The lowest BCUT2D eigenvalue weighted by Gasteiger charge is -2.20. The number of fused-ring (bicyclic) bond motifs is 6. The van der Waals surface area contributed by atoms with Crippen LogP contribution in [0.25, 0.3) is 66.2 Å².